The molecule has 3 aromatic rings. The van der Waals surface area contributed by atoms with Crippen molar-refractivity contribution in [2.75, 3.05) is 11.9 Å². The fourth-order valence-corrected chi connectivity index (χ4v) is 3.20. The number of carbonyl (C=O) groups is 2. The van der Waals surface area contributed by atoms with Gasteiger partial charge in [0.15, 0.2) is 0 Å². The molecular formula is C26H23N3O6. The van der Waals surface area contributed by atoms with E-state index in [0.717, 1.165) is 19.3 Å². The molecule has 0 saturated heterocycles. The second-order valence-corrected chi connectivity index (χ2v) is 7.52. The molecule has 3 rings (SSSR count). The summed E-state index contributed by atoms with van der Waals surface area (Å²) in [6.45, 7) is 2.42. The maximum absolute atomic E-state index is 12.6. The summed E-state index contributed by atoms with van der Waals surface area (Å²) >= 11 is 0. The van der Waals surface area contributed by atoms with Crippen molar-refractivity contribution in [1.82, 2.24) is 0 Å². The topological polar surface area (TPSA) is 135 Å². The molecular weight excluding hydrogens is 450 g/mol. The number of para-hydroxylation sites is 1. The third kappa shape index (κ3) is 6.65. The predicted molar refractivity (Wildman–Crippen MR) is 129 cm³/mol. The second-order valence-electron chi connectivity index (χ2n) is 7.52. The van der Waals surface area contributed by atoms with Crippen molar-refractivity contribution in [2.24, 2.45) is 0 Å². The van der Waals surface area contributed by atoms with E-state index in [1.807, 2.05) is 6.07 Å². The van der Waals surface area contributed by atoms with Gasteiger partial charge in [0.05, 0.1) is 22.7 Å². The number of ether oxygens (including phenoxy) is 1. The first-order valence-electron chi connectivity index (χ1n) is 11.0. The van der Waals surface area contributed by atoms with E-state index in [2.05, 4.69) is 12.2 Å². The van der Waals surface area contributed by atoms with Crippen LogP contribution in [0.25, 0.3) is 17.4 Å². The Morgan fingerprint density at radius 3 is 2.54 bits per heavy atom. The van der Waals surface area contributed by atoms with Gasteiger partial charge in [0.2, 0.25) is 0 Å². The summed E-state index contributed by atoms with van der Waals surface area (Å²) in [7, 11) is 0. The molecule has 0 unspecified atom stereocenters. The Hall–Kier alpha value is -4.71. The first-order chi connectivity index (χ1) is 16.9. The maximum Gasteiger partial charge on any atom is 0.338 e. The molecule has 1 aromatic heterocycles. The van der Waals surface area contributed by atoms with Gasteiger partial charge < -0.3 is 14.5 Å². The highest BCUT2D eigenvalue weighted by molar-refractivity contribution is 6.09. The lowest BCUT2D eigenvalue weighted by Crippen LogP contribution is -2.13. The molecule has 0 spiro atoms. The summed E-state index contributed by atoms with van der Waals surface area (Å²) in [5.74, 6) is -0.695. The number of rotatable bonds is 10. The molecule has 0 fully saturated rings. The van der Waals surface area contributed by atoms with Gasteiger partial charge >= 0.3 is 5.97 Å². The normalized spacial score (nSPS) is 10.9. The Bertz CT molecular complexity index is 1280. The highest BCUT2D eigenvalue weighted by Gasteiger charge is 2.18. The lowest BCUT2D eigenvalue weighted by Gasteiger charge is -2.07. The van der Waals surface area contributed by atoms with Crippen LogP contribution in [0.15, 0.2) is 70.7 Å². The van der Waals surface area contributed by atoms with Crippen molar-refractivity contribution in [2.45, 2.75) is 26.2 Å². The average molecular weight is 473 g/mol. The quantitative estimate of drug-likeness (QED) is 0.0989. The predicted octanol–water partition coefficient (Wildman–Crippen LogP) is 5.75. The van der Waals surface area contributed by atoms with Crippen LogP contribution in [0.3, 0.4) is 0 Å². The van der Waals surface area contributed by atoms with E-state index in [1.54, 1.807) is 18.2 Å². The second kappa shape index (κ2) is 12.0. The summed E-state index contributed by atoms with van der Waals surface area (Å²) in [5.41, 5.74) is 0.674. The molecule has 0 saturated carbocycles. The minimum Gasteiger partial charge on any atom is -0.462 e. The molecule has 0 aliphatic carbocycles. The van der Waals surface area contributed by atoms with Gasteiger partial charge in [-0.05, 0) is 48.9 Å². The van der Waals surface area contributed by atoms with Crippen molar-refractivity contribution in [1.29, 1.82) is 5.26 Å². The Labute approximate surface area is 201 Å². The fourth-order valence-electron chi connectivity index (χ4n) is 3.20. The van der Waals surface area contributed by atoms with Gasteiger partial charge in [0.1, 0.15) is 23.2 Å². The first-order valence-corrected chi connectivity index (χ1v) is 11.0. The number of nitro groups is 1. The van der Waals surface area contributed by atoms with Gasteiger partial charge in [0.25, 0.3) is 11.6 Å². The Morgan fingerprint density at radius 1 is 1.11 bits per heavy atom. The summed E-state index contributed by atoms with van der Waals surface area (Å²) in [6.07, 6.45) is 4.06. The van der Waals surface area contributed by atoms with Crippen molar-refractivity contribution in [3.8, 4) is 17.4 Å². The number of hydrogen-bond acceptors (Lipinski definition) is 7. The molecule has 9 nitrogen and oxygen atoms in total. The molecule has 1 heterocycles. The number of nitro benzene ring substituents is 1. The number of esters is 1. The van der Waals surface area contributed by atoms with E-state index in [4.69, 9.17) is 9.15 Å². The van der Waals surface area contributed by atoms with E-state index in [9.17, 15) is 25.0 Å². The van der Waals surface area contributed by atoms with Crippen LogP contribution in [0.5, 0.6) is 0 Å². The lowest BCUT2D eigenvalue weighted by atomic mass is 10.1. The molecule has 0 aliphatic rings. The Balaban J connectivity index is 1.68. The number of nitrogens with zero attached hydrogens (tertiary/aromatic N) is 2. The third-order valence-corrected chi connectivity index (χ3v) is 5.00. The minimum atomic E-state index is -0.675. The van der Waals surface area contributed by atoms with Crippen LogP contribution in [0.2, 0.25) is 0 Å². The number of furan rings is 1. The summed E-state index contributed by atoms with van der Waals surface area (Å²) in [4.78, 5) is 35.4. The van der Waals surface area contributed by atoms with E-state index >= 15 is 0 Å². The third-order valence-electron chi connectivity index (χ3n) is 5.00. The number of nitriles is 1. The maximum atomic E-state index is 12.6. The van der Waals surface area contributed by atoms with Crippen LogP contribution in [0.4, 0.5) is 11.4 Å². The van der Waals surface area contributed by atoms with Crippen LogP contribution >= 0.6 is 0 Å². The molecule has 1 N–H and O–H groups in total. The van der Waals surface area contributed by atoms with Crippen molar-refractivity contribution in [3.63, 3.8) is 0 Å². The molecule has 0 aliphatic heterocycles. The number of hydrogen-bond donors (Lipinski definition) is 1. The average Bonchev–Trinajstić information content (AvgIpc) is 3.34. The van der Waals surface area contributed by atoms with Gasteiger partial charge in [-0.25, -0.2) is 4.79 Å². The molecule has 0 bridgehead atoms. The zero-order valence-corrected chi connectivity index (χ0v) is 19.0. The molecule has 9 heteroatoms. The highest BCUT2D eigenvalue weighted by atomic mass is 16.6. The monoisotopic (exact) mass is 473 g/mol. The number of anilines is 1. The number of amides is 1. The molecule has 2 aromatic carbocycles. The Kier molecular flexibility index (Phi) is 8.51. The van der Waals surface area contributed by atoms with Crippen molar-refractivity contribution < 1.29 is 23.7 Å². The number of carbonyl (C=O) groups excluding carboxylic acids is 2. The van der Waals surface area contributed by atoms with Gasteiger partial charge in [-0.3, -0.25) is 14.9 Å². The van der Waals surface area contributed by atoms with Crippen LogP contribution in [0.1, 0.15) is 42.3 Å². The number of benzene rings is 2. The van der Waals surface area contributed by atoms with Gasteiger partial charge in [-0.15, -0.1) is 0 Å². The van der Waals surface area contributed by atoms with Crippen molar-refractivity contribution >= 4 is 29.3 Å². The van der Waals surface area contributed by atoms with E-state index < -0.39 is 16.8 Å². The molecule has 35 heavy (non-hydrogen) atoms. The summed E-state index contributed by atoms with van der Waals surface area (Å²) < 4.78 is 10.8. The first kappa shape index (κ1) is 24.9. The largest absolute Gasteiger partial charge is 0.462 e. The van der Waals surface area contributed by atoms with E-state index in [0.29, 0.717) is 17.9 Å². The lowest BCUT2D eigenvalue weighted by molar-refractivity contribution is -0.384. The zero-order valence-electron chi connectivity index (χ0n) is 19.0. The Morgan fingerprint density at radius 2 is 1.86 bits per heavy atom. The fraction of sp³-hybridized carbons (Fsp3) is 0.192. The number of nitrogens with one attached hydrogen (secondary N) is 1. The van der Waals surface area contributed by atoms with Crippen LogP contribution < -0.4 is 5.32 Å². The van der Waals surface area contributed by atoms with Gasteiger partial charge in [-0.2, -0.15) is 5.26 Å². The minimum absolute atomic E-state index is 0.121. The van der Waals surface area contributed by atoms with Crippen LogP contribution in [0, 0.1) is 21.4 Å². The highest BCUT2D eigenvalue weighted by Crippen LogP contribution is 2.31. The van der Waals surface area contributed by atoms with Crippen molar-refractivity contribution in [3.05, 3.63) is 87.7 Å². The molecule has 1 amide bonds. The number of unbranched alkanes of at least 4 members (excludes halogenated alkanes) is 2. The van der Waals surface area contributed by atoms with E-state index in [-0.39, 0.29) is 28.3 Å². The molecule has 0 radical (unpaired) electrons. The standard InChI is InChI=1S/C26H23N3O6/c1-2-3-6-15-34-26(31)18-9-11-20(12-10-18)28-25(30)19(17-27)16-21-13-14-24(35-21)22-7-4-5-8-23(22)29(32)33/h4-5,7-14,16H,2-3,6,15H2,1H3,(H,28,30). The SMILES string of the molecule is CCCCCOC(=O)c1ccc(NC(=O)C(C#N)=Cc2ccc(-c3ccccc3[N+](=O)[O-])o2)cc1. The molecule has 0 atom stereocenters. The summed E-state index contributed by atoms with van der Waals surface area (Å²) in [6, 6.07) is 17.1. The van der Waals surface area contributed by atoms with E-state index in [1.165, 1.54) is 48.5 Å². The summed E-state index contributed by atoms with van der Waals surface area (Å²) in [5, 5.41) is 23.3. The van der Waals surface area contributed by atoms with Crippen LogP contribution in [-0.4, -0.2) is 23.4 Å². The zero-order chi connectivity index (χ0) is 25.2. The molecule has 178 valence electrons. The van der Waals surface area contributed by atoms with Gasteiger partial charge in [0, 0.05) is 17.8 Å². The van der Waals surface area contributed by atoms with Crippen LogP contribution in [-0.2, 0) is 9.53 Å². The smallest absolute Gasteiger partial charge is 0.338 e. The van der Waals surface area contributed by atoms with Gasteiger partial charge in [-0.1, -0.05) is 31.9 Å².